The first-order valence-electron chi connectivity index (χ1n) is 10.3. The maximum atomic E-state index is 12.8. The van der Waals surface area contributed by atoms with E-state index in [0.717, 1.165) is 70.8 Å². The number of nitrogens with zero attached hydrogens (tertiary/aromatic N) is 3. The van der Waals surface area contributed by atoms with Crippen LogP contribution in [0.15, 0.2) is 4.99 Å². The van der Waals surface area contributed by atoms with Gasteiger partial charge in [0.2, 0.25) is 5.91 Å². The van der Waals surface area contributed by atoms with Gasteiger partial charge in [-0.05, 0) is 46.7 Å². The van der Waals surface area contributed by atoms with Crippen LogP contribution in [0, 0.1) is 5.41 Å². The molecule has 164 valence electrons. The molecular weight excluding hydrogens is 469 g/mol. The molecule has 2 N–H and O–H groups in total. The van der Waals surface area contributed by atoms with Gasteiger partial charge < -0.3 is 25.2 Å². The number of carbonyl (C=O) groups is 1. The lowest BCUT2D eigenvalue weighted by atomic mass is 9.84. The number of carbonyl (C=O) groups excluding carboxylic acids is 1. The highest BCUT2D eigenvalue weighted by Gasteiger charge is 2.42. The van der Waals surface area contributed by atoms with Crippen molar-refractivity contribution < 1.29 is 9.53 Å². The molecule has 0 bridgehead atoms. The Morgan fingerprint density at radius 3 is 2.14 bits per heavy atom. The van der Waals surface area contributed by atoms with Gasteiger partial charge in [-0.15, -0.1) is 24.0 Å². The van der Waals surface area contributed by atoms with E-state index in [-0.39, 0.29) is 40.8 Å². The van der Waals surface area contributed by atoms with Gasteiger partial charge in [-0.1, -0.05) is 12.8 Å². The average Bonchev–Trinajstić information content (AvgIpc) is 3.14. The first-order chi connectivity index (χ1) is 12.9. The Hall–Kier alpha value is -0.610. The molecule has 0 unspecified atom stereocenters. The number of aliphatic imine (C=N–C) groups is 1. The number of hydrogen-bond donors (Lipinski definition) is 2. The van der Waals surface area contributed by atoms with Gasteiger partial charge >= 0.3 is 0 Å². The second-order valence-corrected chi connectivity index (χ2v) is 8.47. The molecule has 1 saturated heterocycles. The number of rotatable bonds is 7. The van der Waals surface area contributed by atoms with Crippen LogP contribution in [0.25, 0.3) is 0 Å². The van der Waals surface area contributed by atoms with Crippen LogP contribution in [0.5, 0.6) is 0 Å². The molecule has 0 atom stereocenters. The molecule has 2 rings (SSSR count). The van der Waals surface area contributed by atoms with Crippen molar-refractivity contribution in [2.45, 2.75) is 51.0 Å². The van der Waals surface area contributed by atoms with Crippen molar-refractivity contribution in [3.05, 3.63) is 0 Å². The third-order valence-corrected chi connectivity index (χ3v) is 6.26. The Kier molecular flexibility index (Phi) is 10.5. The summed E-state index contributed by atoms with van der Waals surface area (Å²) in [5.41, 5.74) is -0.247. The monoisotopic (exact) mass is 509 g/mol. The molecule has 1 aliphatic heterocycles. The van der Waals surface area contributed by atoms with Crippen LogP contribution >= 0.6 is 24.0 Å². The standard InChI is InChI=1S/C20H39N5O2.HI/c1-6-21-18(23-16-20(25(4)5)11-13-27-14-12-20)22-15-19(9-7-8-10-19)17(26)24(2)3;/h6-16H2,1-5H3,(H2,21,22,23);1H. The summed E-state index contributed by atoms with van der Waals surface area (Å²) in [7, 11) is 7.97. The van der Waals surface area contributed by atoms with Crippen LogP contribution in [-0.4, -0.2) is 88.2 Å². The van der Waals surface area contributed by atoms with Crippen molar-refractivity contribution in [1.29, 1.82) is 0 Å². The van der Waals surface area contributed by atoms with Crippen LogP contribution in [-0.2, 0) is 9.53 Å². The predicted molar refractivity (Wildman–Crippen MR) is 125 cm³/mol. The highest BCUT2D eigenvalue weighted by molar-refractivity contribution is 14.0. The van der Waals surface area contributed by atoms with Crippen LogP contribution < -0.4 is 10.6 Å². The quantitative estimate of drug-likeness (QED) is 0.312. The molecule has 1 heterocycles. The van der Waals surface area contributed by atoms with E-state index in [0.29, 0.717) is 6.54 Å². The number of amides is 1. The van der Waals surface area contributed by atoms with Crippen molar-refractivity contribution >= 4 is 35.8 Å². The molecule has 7 nitrogen and oxygen atoms in total. The number of guanidine groups is 1. The largest absolute Gasteiger partial charge is 0.381 e. The number of halogens is 1. The summed E-state index contributed by atoms with van der Waals surface area (Å²) in [4.78, 5) is 21.7. The van der Waals surface area contributed by atoms with Gasteiger partial charge in [0.1, 0.15) is 0 Å². The number of likely N-dealkylation sites (N-methyl/N-ethyl adjacent to an activating group) is 1. The maximum Gasteiger partial charge on any atom is 0.230 e. The van der Waals surface area contributed by atoms with Crippen molar-refractivity contribution in [1.82, 2.24) is 20.4 Å². The van der Waals surface area contributed by atoms with E-state index in [2.05, 4.69) is 36.6 Å². The Labute approximate surface area is 188 Å². The Morgan fingerprint density at radius 2 is 1.64 bits per heavy atom. The molecule has 1 amide bonds. The summed E-state index contributed by atoms with van der Waals surface area (Å²) in [6.07, 6.45) is 6.14. The Bertz CT molecular complexity index is 513. The number of ether oxygens (including phenoxy) is 1. The zero-order valence-corrected chi connectivity index (χ0v) is 20.7. The molecule has 8 heteroatoms. The summed E-state index contributed by atoms with van der Waals surface area (Å²) >= 11 is 0. The number of nitrogens with one attached hydrogen (secondary N) is 2. The first kappa shape index (κ1) is 25.4. The summed E-state index contributed by atoms with van der Waals surface area (Å²) < 4.78 is 5.56. The van der Waals surface area contributed by atoms with E-state index in [9.17, 15) is 4.79 Å². The van der Waals surface area contributed by atoms with Gasteiger partial charge in [-0.2, -0.15) is 0 Å². The molecule has 0 aromatic carbocycles. The van der Waals surface area contributed by atoms with Crippen molar-refractivity contribution in [2.24, 2.45) is 10.4 Å². The fourth-order valence-electron chi connectivity index (χ4n) is 4.31. The SMILES string of the molecule is CCNC(=NCC1(N(C)C)CCOCC1)NCC1(C(=O)N(C)C)CCCC1.I. The van der Waals surface area contributed by atoms with Crippen LogP contribution in [0.4, 0.5) is 0 Å². The van der Waals surface area contributed by atoms with E-state index >= 15 is 0 Å². The van der Waals surface area contributed by atoms with Gasteiger partial charge in [0, 0.05) is 45.9 Å². The summed E-state index contributed by atoms with van der Waals surface area (Å²) in [5, 5.41) is 6.83. The summed E-state index contributed by atoms with van der Waals surface area (Å²) in [6.45, 7) is 5.83. The molecule has 0 aromatic heterocycles. The van der Waals surface area contributed by atoms with Gasteiger partial charge in [0.25, 0.3) is 0 Å². The molecule has 0 spiro atoms. The van der Waals surface area contributed by atoms with Gasteiger partial charge in [0.15, 0.2) is 5.96 Å². The molecular formula is C20H40IN5O2. The highest BCUT2D eigenvalue weighted by Crippen LogP contribution is 2.38. The van der Waals surface area contributed by atoms with Crippen LogP contribution in [0.1, 0.15) is 45.4 Å². The van der Waals surface area contributed by atoms with E-state index in [1.165, 1.54) is 0 Å². The van der Waals surface area contributed by atoms with E-state index in [1.54, 1.807) is 4.90 Å². The average molecular weight is 509 g/mol. The second-order valence-electron chi connectivity index (χ2n) is 8.47. The zero-order valence-electron chi connectivity index (χ0n) is 18.3. The minimum atomic E-state index is -0.294. The van der Waals surface area contributed by atoms with Crippen LogP contribution in [0.3, 0.4) is 0 Å². The lowest BCUT2D eigenvalue weighted by Crippen LogP contribution is -2.52. The zero-order chi connectivity index (χ0) is 19.9. The van der Waals surface area contributed by atoms with Crippen LogP contribution in [0.2, 0.25) is 0 Å². The minimum absolute atomic E-state index is 0. The first-order valence-corrected chi connectivity index (χ1v) is 10.3. The molecule has 0 radical (unpaired) electrons. The molecule has 1 aliphatic carbocycles. The van der Waals surface area contributed by atoms with E-state index in [4.69, 9.17) is 9.73 Å². The lowest BCUT2D eigenvalue weighted by Gasteiger charge is -2.41. The maximum absolute atomic E-state index is 12.8. The van der Waals surface area contributed by atoms with Crippen molar-refractivity contribution in [2.75, 3.05) is 61.0 Å². The molecule has 1 saturated carbocycles. The Morgan fingerprint density at radius 1 is 1.04 bits per heavy atom. The second kappa shape index (κ2) is 11.5. The van der Waals surface area contributed by atoms with E-state index < -0.39 is 0 Å². The lowest BCUT2D eigenvalue weighted by molar-refractivity contribution is -0.138. The molecule has 0 aromatic rings. The predicted octanol–water partition coefficient (Wildman–Crippen LogP) is 1.92. The topological polar surface area (TPSA) is 69.2 Å². The highest BCUT2D eigenvalue weighted by atomic mass is 127. The Balaban J connectivity index is 0.00000392. The normalized spacial score (nSPS) is 21.1. The number of hydrogen-bond acceptors (Lipinski definition) is 4. The van der Waals surface area contributed by atoms with E-state index in [1.807, 2.05) is 14.1 Å². The molecule has 2 fully saturated rings. The third kappa shape index (κ3) is 6.19. The van der Waals surface area contributed by atoms with Crippen molar-refractivity contribution in [3.63, 3.8) is 0 Å². The molecule has 2 aliphatic rings. The van der Waals surface area contributed by atoms with Gasteiger partial charge in [-0.3, -0.25) is 9.79 Å². The summed E-state index contributed by atoms with van der Waals surface area (Å²) in [5.74, 6) is 1.04. The van der Waals surface area contributed by atoms with Gasteiger partial charge in [0.05, 0.1) is 12.0 Å². The fourth-order valence-corrected chi connectivity index (χ4v) is 4.31. The summed E-state index contributed by atoms with van der Waals surface area (Å²) in [6, 6.07) is 0. The third-order valence-electron chi connectivity index (χ3n) is 6.26. The van der Waals surface area contributed by atoms with Gasteiger partial charge in [-0.25, -0.2) is 0 Å². The smallest absolute Gasteiger partial charge is 0.230 e. The minimum Gasteiger partial charge on any atom is -0.381 e. The fraction of sp³-hybridized carbons (Fsp3) is 0.900. The van der Waals surface area contributed by atoms with Crippen molar-refractivity contribution in [3.8, 4) is 0 Å². The molecule has 28 heavy (non-hydrogen) atoms.